The summed E-state index contributed by atoms with van der Waals surface area (Å²) in [6.07, 6.45) is 1.63. The Bertz CT molecular complexity index is 1400. The number of aryl methyl sites for hydroxylation is 2. The van der Waals surface area contributed by atoms with Crippen LogP contribution in [0.5, 0.6) is 0 Å². The Balaban J connectivity index is 0.000000461. The minimum absolute atomic E-state index is 0.127. The summed E-state index contributed by atoms with van der Waals surface area (Å²) < 4.78 is 1.48. The zero-order chi connectivity index (χ0) is 28.5. The number of aromatic nitrogens is 4. The Morgan fingerprint density at radius 2 is 1.75 bits per heavy atom. The zero-order valence-electron chi connectivity index (χ0n) is 23.0. The molecule has 0 atom stereocenters. The average molecular weight is 563 g/mol. The van der Waals surface area contributed by atoms with E-state index in [0.717, 1.165) is 37.6 Å². The van der Waals surface area contributed by atoms with Gasteiger partial charge in [0.2, 0.25) is 5.95 Å². The number of nitrogens with one attached hydrogen (secondary N) is 2. The third-order valence-electron chi connectivity index (χ3n) is 6.42. The summed E-state index contributed by atoms with van der Waals surface area (Å²) in [5, 5.41) is 19.8. The molecular weight excluding hydrogens is 528 g/mol. The first-order valence-electron chi connectivity index (χ1n) is 13.1. The van der Waals surface area contributed by atoms with Crippen LogP contribution in [0, 0.1) is 6.92 Å². The van der Waals surface area contributed by atoms with Crippen LogP contribution in [0.25, 0.3) is 11.4 Å². The van der Waals surface area contributed by atoms with Crippen molar-refractivity contribution in [2.45, 2.75) is 6.92 Å². The molecule has 1 amide bonds. The molecule has 10 nitrogen and oxygen atoms in total. The van der Waals surface area contributed by atoms with E-state index in [9.17, 15) is 4.79 Å². The Morgan fingerprint density at radius 1 is 1.00 bits per heavy atom. The molecule has 2 aromatic heterocycles. The lowest BCUT2D eigenvalue weighted by atomic mass is 10.2. The summed E-state index contributed by atoms with van der Waals surface area (Å²) in [6.45, 7) is 6.04. The molecule has 210 valence electrons. The number of anilines is 3. The molecule has 0 bridgehead atoms. The standard InChI is InChI=1S/C22H27ClN8O2.C7H8/c1-29-8-10-31(11-9-29)19-4-3-15(13-16(19)23)26-22-25-6-5-17(27-22)18-14-20(30(2)28-18)21(33)24-7-12-32;1-7-5-3-2-4-6-7/h3-6,13-14,32H,7-12H2,1-2H3,(H,24,33)(H,25,26,27);2-6H,1H3. The van der Waals surface area contributed by atoms with Crippen LogP contribution in [0.15, 0.2) is 66.9 Å². The van der Waals surface area contributed by atoms with E-state index in [-0.39, 0.29) is 19.1 Å². The molecule has 0 saturated carbocycles. The third kappa shape index (κ3) is 7.78. The van der Waals surface area contributed by atoms with Crippen molar-refractivity contribution in [1.82, 2.24) is 30.0 Å². The molecule has 4 aromatic rings. The minimum Gasteiger partial charge on any atom is -0.395 e. The maximum atomic E-state index is 12.2. The van der Waals surface area contributed by atoms with Crippen molar-refractivity contribution in [2.75, 3.05) is 56.6 Å². The van der Waals surface area contributed by atoms with Gasteiger partial charge in [0.1, 0.15) is 11.4 Å². The second-order valence-corrected chi connectivity index (χ2v) is 9.93. The first-order chi connectivity index (χ1) is 19.3. The Labute approximate surface area is 239 Å². The van der Waals surface area contributed by atoms with Gasteiger partial charge in [-0.25, -0.2) is 9.97 Å². The number of hydrogen-bond donors (Lipinski definition) is 3. The van der Waals surface area contributed by atoms with E-state index in [1.807, 2.05) is 36.4 Å². The molecule has 3 N–H and O–H groups in total. The predicted molar refractivity (Wildman–Crippen MR) is 159 cm³/mol. The first kappa shape index (κ1) is 29.0. The summed E-state index contributed by atoms with van der Waals surface area (Å²) in [5.41, 5.74) is 4.61. The van der Waals surface area contributed by atoms with Crippen molar-refractivity contribution < 1.29 is 9.90 Å². The SMILES string of the molecule is CN1CCN(c2ccc(Nc3nccc(-c4cc(C(=O)NCCO)n(C)n4)n3)cc2Cl)CC1.Cc1ccccc1. The topological polar surface area (TPSA) is 111 Å². The maximum absolute atomic E-state index is 12.2. The number of aliphatic hydroxyl groups is 1. The number of amides is 1. The first-order valence-corrected chi connectivity index (χ1v) is 13.5. The summed E-state index contributed by atoms with van der Waals surface area (Å²) in [6, 6.07) is 19.5. The van der Waals surface area contributed by atoms with Gasteiger partial charge in [-0.1, -0.05) is 47.5 Å². The van der Waals surface area contributed by atoms with Crippen LogP contribution in [0.2, 0.25) is 5.02 Å². The van der Waals surface area contributed by atoms with Crippen LogP contribution in [-0.2, 0) is 7.05 Å². The molecule has 5 rings (SSSR count). The van der Waals surface area contributed by atoms with E-state index >= 15 is 0 Å². The summed E-state index contributed by atoms with van der Waals surface area (Å²) in [5.74, 6) is 0.0839. The maximum Gasteiger partial charge on any atom is 0.269 e. The van der Waals surface area contributed by atoms with E-state index in [4.69, 9.17) is 16.7 Å². The molecule has 0 spiro atoms. The highest BCUT2D eigenvalue weighted by Crippen LogP contribution is 2.30. The fourth-order valence-electron chi connectivity index (χ4n) is 4.18. The molecule has 40 heavy (non-hydrogen) atoms. The monoisotopic (exact) mass is 562 g/mol. The molecule has 3 heterocycles. The highest BCUT2D eigenvalue weighted by Gasteiger charge is 2.18. The number of benzene rings is 2. The second kappa shape index (κ2) is 13.9. The number of nitrogens with zero attached hydrogens (tertiary/aromatic N) is 6. The van der Waals surface area contributed by atoms with Gasteiger partial charge < -0.3 is 25.5 Å². The Morgan fingerprint density at radius 3 is 2.40 bits per heavy atom. The van der Waals surface area contributed by atoms with E-state index in [0.29, 0.717) is 28.1 Å². The van der Waals surface area contributed by atoms with Gasteiger partial charge in [0.15, 0.2) is 0 Å². The molecule has 11 heteroatoms. The number of likely N-dealkylation sites (N-methyl/N-ethyl adjacent to an activating group) is 1. The summed E-state index contributed by atoms with van der Waals surface area (Å²) in [7, 11) is 3.81. The highest BCUT2D eigenvalue weighted by molar-refractivity contribution is 6.33. The zero-order valence-corrected chi connectivity index (χ0v) is 23.8. The summed E-state index contributed by atoms with van der Waals surface area (Å²) in [4.78, 5) is 25.6. The molecule has 1 saturated heterocycles. The smallest absolute Gasteiger partial charge is 0.269 e. The predicted octanol–water partition coefficient (Wildman–Crippen LogP) is 3.74. The molecule has 2 aromatic carbocycles. The molecule has 0 radical (unpaired) electrons. The normalized spacial score (nSPS) is 13.4. The van der Waals surface area contributed by atoms with E-state index in [1.54, 1.807) is 25.4 Å². The van der Waals surface area contributed by atoms with E-state index < -0.39 is 0 Å². The van der Waals surface area contributed by atoms with Gasteiger partial charge in [-0.15, -0.1) is 0 Å². The number of halogens is 1. The fraction of sp³-hybridized carbons (Fsp3) is 0.310. The number of aliphatic hydroxyl groups excluding tert-OH is 1. The van der Waals surface area contributed by atoms with Crippen LogP contribution in [0.4, 0.5) is 17.3 Å². The van der Waals surface area contributed by atoms with Crippen molar-refractivity contribution in [3.8, 4) is 11.4 Å². The van der Waals surface area contributed by atoms with Gasteiger partial charge in [-0.2, -0.15) is 5.10 Å². The van der Waals surface area contributed by atoms with Crippen LogP contribution in [0.3, 0.4) is 0 Å². The Kier molecular flexibility index (Phi) is 10.1. The largest absolute Gasteiger partial charge is 0.395 e. The molecule has 1 aliphatic heterocycles. The van der Waals surface area contributed by atoms with Crippen LogP contribution < -0.4 is 15.5 Å². The average Bonchev–Trinajstić information content (AvgIpc) is 3.35. The van der Waals surface area contributed by atoms with Crippen molar-refractivity contribution >= 4 is 34.8 Å². The molecule has 0 unspecified atom stereocenters. The van der Waals surface area contributed by atoms with Crippen molar-refractivity contribution in [1.29, 1.82) is 0 Å². The van der Waals surface area contributed by atoms with Crippen LogP contribution >= 0.6 is 11.6 Å². The molecular formula is C29H35ClN8O2. The second-order valence-electron chi connectivity index (χ2n) is 9.52. The van der Waals surface area contributed by atoms with E-state index in [1.165, 1.54) is 10.2 Å². The number of hydrogen-bond acceptors (Lipinski definition) is 8. The van der Waals surface area contributed by atoms with Gasteiger partial charge >= 0.3 is 0 Å². The van der Waals surface area contributed by atoms with Gasteiger partial charge in [-0.3, -0.25) is 9.48 Å². The van der Waals surface area contributed by atoms with Crippen LogP contribution in [0.1, 0.15) is 16.1 Å². The number of piperazine rings is 1. The van der Waals surface area contributed by atoms with Gasteiger partial charge in [-0.05, 0) is 44.3 Å². The lowest BCUT2D eigenvalue weighted by molar-refractivity contribution is 0.0935. The van der Waals surface area contributed by atoms with E-state index in [2.05, 4.69) is 61.6 Å². The van der Waals surface area contributed by atoms with Crippen molar-refractivity contribution in [3.05, 3.63) is 83.1 Å². The minimum atomic E-state index is -0.312. The number of rotatable bonds is 7. The fourth-order valence-corrected chi connectivity index (χ4v) is 4.48. The van der Waals surface area contributed by atoms with Gasteiger partial charge in [0, 0.05) is 51.7 Å². The van der Waals surface area contributed by atoms with Gasteiger partial charge in [0.25, 0.3) is 5.91 Å². The lowest BCUT2D eigenvalue weighted by Gasteiger charge is -2.34. The quantitative estimate of drug-likeness (QED) is 0.312. The van der Waals surface area contributed by atoms with Gasteiger partial charge in [0.05, 0.1) is 23.0 Å². The Hall–Kier alpha value is -3.99. The van der Waals surface area contributed by atoms with Crippen molar-refractivity contribution in [2.24, 2.45) is 7.05 Å². The molecule has 0 aliphatic carbocycles. The highest BCUT2D eigenvalue weighted by atomic mass is 35.5. The molecule has 1 aliphatic rings. The lowest BCUT2D eigenvalue weighted by Crippen LogP contribution is -2.44. The third-order valence-corrected chi connectivity index (χ3v) is 6.72. The molecule has 1 fully saturated rings. The van der Waals surface area contributed by atoms with Crippen LogP contribution in [-0.4, -0.2) is 82.0 Å². The van der Waals surface area contributed by atoms with Crippen molar-refractivity contribution in [3.63, 3.8) is 0 Å². The summed E-state index contributed by atoms with van der Waals surface area (Å²) >= 11 is 6.58. The number of carbonyl (C=O) groups excluding carboxylic acids is 1. The number of carbonyl (C=O) groups is 1.